The van der Waals surface area contributed by atoms with Crippen LogP contribution in [0.25, 0.3) is 11.1 Å². The Morgan fingerprint density at radius 1 is 1.00 bits per heavy atom. The van der Waals surface area contributed by atoms with E-state index in [0.29, 0.717) is 22.4 Å². The standard InChI is InChI=1S/C14H8ClF3O2/c15-12-3-1-10(2-4-12)11-5-9(8-19)6-13(7-11)20-14(16,17)18/h1-8H. The van der Waals surface area contributed by atoms with Gasteiger partial charge in [0.25, 0.3) is 0 Å². The second-order valence-electron chi connectivity index (χ2n) is 3.96. The molecule has 0 saturated carbocycles. The van der Waals surface area contributed by atoms with Gasteiger partial charge in [0.1, 0.15) is 12.0 Å². The Morgan fingerprint density at radius 2 is 1.65 bits per heavy atom. The van der Waals surface area contributed by atoms with Crippen LogP contribution < -0.4 is 4.74 Å². The molecule has 0 aliphatic carbocycles. The third-order valence-corrected chi connectivity index (χ3v) is 2.73. The molecule has 0 spiro atoms. The average Bonchev–Trinajstić information content (AvgIpc) is 2.37. The van der Waals surface area contributed by atoms with E-state index in [0.717, 1.165) is 6.07 Å². The van der Waals surface area contributed by atoms with Gasteiger partial charge in [-0.2, -0.15) is 0 Å². The lowest BCUT2D eigenvalue weighted by molar-refractivity contribution is -0.274. The number of ether oxygens (including phenoxy) is 1. The van der Waals surface area contributed by atoms with Crippen molar-refractivity contribution in [2.45, 2.75) is 6.36 Å². The van der Waals surface area contributed by atoms with Crippen molar-refractivity contribution in [3.63, 3.8) is 0 Å². The van der Waals surface area contributed by atoms with Gasteiger partial charge < -0.3 is 4.74 Å². The highest BCUT2D eigenvalue weighted by Crippen LogP contribution is 2.30. The van der Waals surface area contributed by atoms with Gasteiger partial charge >= 0.3 is 6.36 Å². The van der Waals surface area contributed by atoms with Crippen LogP contribution in [0.3, 0.4) is 0 Å². The Hall–Kier alpha value is -2.01. The van der Waals surface area contributed by atoms with Crippen LogP contribution in [0.15, 0.2) is 42.5 Å². The van der Waals surface area contributed by atoms with E-state index < -0.39 is 12.1 Å². The predicted molar refractivity (Wildman–Crippen MR) is 69.0 cm³/mol. The molecular weight excluding hydrogens is 293 g/mol. The molecule has 20 heavy (non-hydrogen) atoms. The summed E-state index contributed by atoms with van der Waals surface area (Å²) < 4.78 is 40.6. The molecule has 0 heterocycles. The maximum Gasteiger partial charge on any atom is 0.573 e. The fourth-order valence-electron chi connectivity index (χ4n) is 1.69. The van der Waals surface area contributed by atoms with E-state index >= 15 is 0 Å². The number of alkyl halides is 3. The van der Waals surface area contributed by atoms with Gasteiger partial charge in [0.05, 0.1) is 0 Å². The quantitative estimate of drug-likeness (QED) is 0.767. The number of carbonyl (C=O) groups is 1. The number of aldehydes is 1. The normalized spacial score (nSPS) is 11.2. The Labute approximate surface area is 117 Å². The Bertz CT molecular complexity index is 621. The number of hydrogen-bond acceptors (Lipinski definition) is 2. The van der Waals surface area contributed by atoms with Crippen LogP contribution in [0.5, 0.6) is 5.75 Å². The van der Waals surface area contributed by atoms with E-state index in [9.17, 15) is 18.0 Å². The highest BCUT2D eigenvalue weighted by Gasteiger charge is 2.31. The number of benzene rings is 2. The SMILES string of the molecule is O=Cc1cc(OC(F)(F)F)cc(-c2ccc(Cl)cc2)c1. The average molecular weight is 301 g/mol. The maximum atomic E-state index is 12.2. The summed E-state index contributed by atoms with van der Waals surface area (Å²) in [5, 5.41) is 0.507. The van der Waals surface area contributed by atoms with Crippen molar-refractivity contribution in [3.8, 4) is 16.9 Å². The smallest absolute Gasteiger partial charge is 0.406 e. The van der Waals surface area contributed by atoms with Crippen LogP contribution in [0.1, 0.15) is 10.4 Å². The molecule has 2 nitrogen and oxygen atoms in total. The van der Waals surface area contributed by atoms with Gasteiger partial charge in [-0.05, 0) is 41.5 Å². The Balaban J connectivity index is 2.45. The summed E-state index contributed by atoms with van der Waals surface area (Å²) in [5.74, 6) is -0.438. The third-order valence-electron chi connectivity index (χ3n) is 2.48. The molecule has 0 atom stereocenters. The van der Waals surface area contributed by atoms with Crippen LogP contribution in [-0.4, -0.2) is 12.6 Å². The van der Waals surface area contributed by atoms with Gasteiger partial charge in [-0.3, -0.25) is 4.79 Å². The van der Waals surface area contributed by atoms with Crippen molar-refractivity contribution < 1.29 is 22.7 Å². The highest BCUT2D eigenvalue weighted by atomic mass is 35.5. The molecule has 0 unspecified atom stereocenters. The molecule has 0 amide bonds. The molecule has 2 aromatic carbocycles. The minimum atomic E-state index is -4.81. The molecule has 0 aliphatic rings. The molecule has 0 aliphatic heterocycles. The van der Waals surface area contributed by atoms with E-state index in [-0.39, 0.29) is 5.56 Å². The zero-order valence-electron chi connectivity index (χ0n) is 9.95. The van der Waals surface area contributed by atoms with Crippen molar-refractivity contribution in [2.75, 3.05) is 0 Å². The van der Waals surface area contributed by atoms with Crippen molar-refractivity contribution in [1.82, 2.24) is 0 Å². The molecule has 0 bridgehead atoms. The minimum Gasteiger partial charge on any atom is -0.406 e. The molecule has 0 N–H and O–H groups in total. The monoisotopic (exact) mass is 300 g/mol. The molecular formula is C14H8ClF3O2. The van der Waals surface area contributed by atoms with E-state index in [1.807, 2.05) is 0 Å². The van der Waals surface area contributed by atoms with E-state index in [4.69, 9.17) is 11.6 Å². The summed E-state index contributed by atoms with van der Waals surface area (Å²) in [7, 11) is 0. The Kier molecular flexibility index (Phi) is 3.99. The van der Waals surface area contributed by atoms with Crippen LogP contribution in [0.2, 0.25) is 5.02 Å². The molecule has 2 aromatic rings. The second-order valence-corrected chi connectivity index (χ2v) is 4.40. The van der Waals surface area contributed by atoms with Crippen LogP contribution >= 0.6 is 11.6 Å². The first kappa shape index (κ1) is 14.4. The lowest BCUT2D eigenvalue weighted by Gasteiger charge is -2.11. The van der Waals surface area contributed by atoms with Crippen LogP contribution in [0, 0.1) is 0 Å². The van der Waals surface area contributed by atoms with Gasteiger partial charge in [-0.25, -0.2) is 0 Å². The van der Waals surface area contributed by atoms with Crippen LogP contribution in [0.4, 0.5) is 13.2 Å². The highest BCUT2D eigenvalue weighted by molar-refractivity contribution is 6.30. The van der Waals surface area contributed by atoms with E-state index in [1.54, 1.807) is 24.3 Å². The fourth-order valence-corrected chi connectivity index (χ4v) is 1.82. The second kappa shape index (κ2) is 5.54. The maximum absolute atomic E-state index is 12.2. The minimum absolute atomic E-state index is 0.0942. The molecule has 0 radical (unpaired) electrons. The summed E-state index contributed by atoms with van der Waals surface area (Å²) in [6.07, 6.45) is -4.35. The first-order chi connectivity index (χ1) is 9.37. The number of rotatable bonds is 3. The zero-order valence-corrected chi connectivity index (χ0v) is 10.7. The van der Waals surface area contributed by atoms with Crippen molar-refractivity contribution >= 4 is 17.9 Å². The van der Waals surface area contributed by atoms with E-state index in [2.05, 4.69) is 4.74 Å². The van der Waals surface area contributed by atoms with E-state index in [1.165, 1.54) is 12.1 Å². The summed E-state index contributed by atoms with van der Waals surface area (Å²) in [4.78, 5) is 10.8. The Morgan fingerprint density at radius 3 is 2.20 bits per heavy atom. The van der Waals surface area contributed by atoms with Crippen LogP contribution in [-0.2, 0) is 0 Å². The number of carbonyl (C=O) groups excluding carboxylic acids is 1. The zero-order chi connectivity index (χ0) is 14.8. The third kappa shape index (κ3) is 3.74. The lowest BCUT2D eigenvalue weighted by Crippen LogP contribution is -2.17. The summed E-state index contributed by atoms with van der Waals surface area (Å²) in [5.41, 5.74) is 1.16. The van der Waals surface area contributed by atoms with Crippen molar-refractivity contribution in [3.05, 3.63) is 53.1 Å². The lowest BCUT2D eigenvalue weighted by atomic mass is 10.0. The summed E-state index contributed by atoms with van der Waals surface area (Å²) >= 11 is 5.75. The largest absolute Gasteiger partial charge is 0.573 e. The van der Waals surface area contributed by atoms with Gasteiger partial charge in [0.2, 0.25) is 0 Å². The van der Waals surface area contributed by atoms with Crippen molar-refractivity contribution in [1.29, 1.82) is 0 Å². The molecule has 104 valence electrons. The predicted octanol–water partition coefficient (Wildman–Crippen LogP) is 4.72. The van der Waals surface area contributed by atoms with Gasteiger partial charge in [0.15, 0.2) is 0 Å². The topological polar surface area (TPSA) is 26.3 Å². The summed E-state index contributed by atoms with van der Waals surface area (Å²) in [6, 6.07) is 10.2. The number of halogens is 4. The summed E-state index contributed by atoms with van der Waals surface area (Å²) in [6.45, 7) is 0. The van der Waals surface area contributed by atoms with Gasteiger partial charge in [-0.15, -0.1) is 13.2 Å². The first-order valence-corrected chi connectivity index (χ1v) is 5.87. The first-order valence-electron chi connectivity index (χ1n) is 5.49. The molecule has 0 saturated heterocycles. The van der Waals surface area contributed by atoms with Gasteiger partial charge in [-0.1, -0.05) is 23.7 Å². The van der Waals surface area contributed by atoms with Gasteiger partial charge in [0, 0.05) is 10.6 Å². The molecule has 0 fully saturated rings. The molecule has 2 rings (SSSR count). The fraction of sp³-hybridized carbons (Fsp3) is 0.0714. The number of hydrogen-bond donors (Lipinski definition) is 0. The molecule has 0 aromatic heterocycles. The molecule has 6 heteroatoms. The van der Waals surface area contributed by atoms with Crippen molar-refractivity contribution in [2.24, 2.45) is 0 Å².